The number of nitrogens with one attached hydrogen (secondary N) is 1. The summed E-state index contributed by atoms with van der Waals surface area (Å²) in [5.74, 6) is 0.523. The van der Waals surface area contributed by atoms with Crippen molar-refractivity contribution >= 4 is 11.4 Å². The van der Waals surface area contributed by atoms with Crippen molar-refractivity contribution in [2.24, 2.45) is 4.99 Å². The van der Waals surface area contributed by atoms with E-state index in [1.165, 1.54) is 33.8 Å². The van der Waals surface area contributed by atoms with Gasteiger partial charge >= 0.3 is 0 Å². The highest BCUT2D eigenvalue weighted by Gasteiger charge is 2.33. The molecule has 3 aliphatic rings. The van der Waals surface area contributed by atoms with Gasteiger partial charge in [0.15, 0.2) is 0 Å². The Hall–Kier alpha value is -1.83. The van der Waals surface area contributed by atoms with Gasteiger partial charge < -0.3 is 5.32 Å². The Morgan fingerprint density at radius 3 is 3.11 bits per heavy atom. The summed E-state index contributed by atoms with van der Waals surface area (Å²) >= 11 is 0. The molecule has 2 heteroatoms. The van der Waals surface area contributed by atoms with Crippen molar-refractivity contribution in [3.8, 4) is 0 Å². The molecule has 0 aromatic heterocycles. The Labute approximate surface area is 107 Å². The van der Waals surface area contributed by atoms with Gasteiger partial charge in [0.05, 0.1) is 6.54 Å². The first-order chi connectivity index (χ1) is 8.86. The highest BCUT2D eigenvalue weighted by Crippen LogP contribution is 2.46. The molecule has 0 saturated carbocycles. The molecule has 1 aliphatic carbocycles. The summed E-state index contributed by atoms with van der Waals surface area (Å²) in [6, 6.07) is 8.66. The zero-order valence-corrected chi connectivity index (χ0v) is 10.5. The highest BCUT2D eigenvalue weighted by atomic mass is 14.9. The van der Waals surface area contributed by atoms with Crippen LogP contribution in [0.3, 0.4) is 0 Å². The van der Waals surface area contributed by atoms with Gasteiger partial charge in [-0.05, 0) is 41.7 Å². The number of hydrogen-bond donors (Lipinski definition) is 1. The van der Waals surface area contributed by atoms with Gasteiger partial charge in [0.1, 0.15) is 0 Å². The van der Waals surface area contributed by atoms with E-state index in [0.29, 0.717) is 5.92 Å². The van der Waals surface area contributed by atoms with E-state index in [0.717, 1.165) is 19.4 Å². The number of benzene rings is 1. The van der Waals surface area contributed by atoms with Crippen molar-refractivity contribution in [2.45, 2.75) is 25.7 Å². The number of rotatable bonds is 1. The molecule has 0 fully saturated rings. The average molecular weight is 236 g/mol. The second-order valence-electron chi connectivity index (χ2n) is 5.19. The standard InChI is InChI=1S/C16H16N2/c1-2-14-12-8-13-11-5-3-4-6-15(11)18-16(13)7-10(12)9-17-14/h3-7,13,18H,2,8-9H2,1H3. The lowest BCUT2D eigenvalue weighted by molar-refractivity contribution is 0.809. The smallest absolute Gasteiger partial charge is 0.0647 e. The van der Waals surface area contributed by atoms with Gasteiger partial charge in [-0.3, -0.25) is 4.99 Å². The fraction of sp³-hybridized carbons (Fsp3) is 0.312. The second kappa shape index (κ2) is 3.58. The van der Waals surface area contributed by atoms with Gasteiger partial charge in [-0.2, -0.15) is 0 Å². The Morgan fingerprint density at radius 1 is 1.33 bits per heavy atom. The number of hydrogen-bond acceptors (Lipinski definition) is 2. The van der Waals surface area contributed by atoms with E-state index >= 15 is 0 Å². The van der Waals surface area contributed by atoms with Crippen molar-refractivity contribution in [2.75, 3.05) is 11.9 Å². The molecule has 0 spiro atoms. The van der Waals surface area contributed by atoms with E-state index in [1.54, 1.807) is 0 Å². The molecule has 2 aliphatic heterocycles. The predicted octanol–water partition coefficient (Wildman–Crippen LogP) is 3.64. The lowest BCUT2D eigenvalue weighted by atomic mass is 9.83. The molecular formula is C16H16N2. The molecule has 0 saturated heterocycles. The van der Waals surface area contributed by atoms with Crippen LogP contribution >= 0.6 is 0 Å². The molecule has 90 valence electrons. The number of aliphatic imine (C=N–C) groups is 1. The van der Waals surface area contributed by atoms with Gasteiger partial charge in [-0.25, -0.2) is 0 Å². The molecular weight excluding hydrogens is 220 g/mol. The SMILES string of the molecule is CCC1=NCC2=C1CC1C(=C2)Nc2ccccc21. The molecule has 2 nitrogen and oxygen atoms in total. The Bertz CT molecular complexity index is 620. The van der Waals surface area contributed by atoms with E-state index in [9.17, 15) is 0 Å². The second-order valence-corrected chi connectivity index (χ2v) is 5.19. The van der Waals surface area contributed by atoms with Crippen LogP contribution in [-0.2, 0) is 0 Å². The summed E-state index contributed by atoms with van der Waals surface area (Å²) in [4.78, 5) is 4.65. The zero-order valence-electron chi connectivity index (χ0n) is 10.5. The van der Waals surface area contributed by atoms with Crippen molar-refractivity contribution in [1.29, 1.82) is 0 Å². The minimum absolute atomic E-state index is 0.523. The number of para-hydroxylation sites is 1. The summed E-state index contributed by atoms with van der Waals surface area (Å²) in [7, 11) is 0. The maximum Gasteiger partial charge on any atom is 0.0647 e. The monoisotopic (exact) mass is 236 g/mol. The molecule has 1 atom stereocenters. The molecule has 1 aromatic carbocycles. The van der Waals surface area contributed by atoms with Gasteiger partial charge in [0.2, 0.25) is 0 Å². The van der Waals surface area contributed by atoms with Crippen LogP contribution in [0, 0.1) is 0 Å². The largest absolute Gasteiger partial charge is 0.358 e. The summed E-state index contributed by atoms with van der Waals surface area (Å²) in [5, 5.41) is 3.56. The number of fused-ring (bicyclic) bond motifs is 3. The van der Waals surface area contributed by atoms with E-state index in [-0.39, 0.29) is 0 Å². The predicted molar refractivity (Wildman–Crippen MR) is 75.1 cm³/mol. The van der Waals surface area contributed by atoms with Crippen LogP contribution in [0.25, 0.3) is 0 Å². The summed E-state index contributed by atoms with van der Waals surface area (Å²) in [6.07, 6.45) is 4.51. The highest BCUT2D eigenvalue weighted by molar-refractivity contribution is 6.03. The minimum atomic E-state index is 0.523. The molecule has 1 N–H and O–H groups in total. The van der Waals surface area contributed by atoms with Crippen LogP contribution in [0.5, 0.6) is 0 Å². The summed E-state index contributed by atoms with van der Waals surface area (Å²) < 4.78 is 0. The third kappa shape index (κ3) is 1.26. The molecule has 0 radical (unpaired) electrons. The molecule has 1 unspecified atom stereocenters. The number of nitrogens with zero attached hydrogens (tertiary/aromatic N) is 1. The van der Waals surface area contributed by atoms with Crippen molar-refractivity contribution < 1.29 is 0 Å². The summed E-state index contributed by atoms with van der Waals surface area (Å²) in [6.45, 7) is 3.08. The maximum atomic E-state index is 4.65. The molecule has 2 heterocycles. The maximum absolute atomic E-state index is 4.65. The van der Waals surface area contributed by atoms with E-state index in [1.807, 2.05) is 0 Å². The Balaban J connectivity index is 1.77. The van der Waals surface area contributed by atoms with Crippen LogP contribution in [-0.4, -0.2) is 12.3 Å². The molecule has 18 heavy (non-hydrogen) atoms. The fourth-order valence-electron chi connectivity index (χ4n) is 3.34. The minimum Gasteiger partial charge on any atom is -0.358 e. The van der Waals surface area contributed by atoms with Crippen molar-refractivity contribution in [3.05, 3.63) is 52.7 Å². The molecule has 0 bridgehead atoms. The zero-order chi connectivity index (χ0) is 12.1. The van der Waals surface area contributed by atoms with Crippen LogP contribution < -0.4 is 5.32 Å². The number of anilines is 1. The molecule has 0 amide bonds. The first kappa shape index (κ1) is 10.1. The van der Waals surface area contributed by atoms with Gasteiger partial charge in [0.25, 0.3) is 0 Å². The van der Waals surface area contributed by atoms with E-state index < -0.39 is 0 Å². The molecule has 4 rings (SSSR count). The quantitative estimate of drug-likeness (QED) is 0.791. The van der Waals surface area contributed by atoms with Crippen LogP contribution in [0.4, 0.5) is 5.69 Å². The first-order valence-electron chi connectivity index (χ1n) is 6.70. The third-order valence-electron chi connectivity index (χ3n) is 4.24. The Morgan fingerprint density at radius 2 is 2.22 bits per heavy atom. The number of allylic oxidation sites excluding steroid dienone is 2. The van der Waals surface area contributed by atoms with Crippen LogP contribution in [0.2, 0.25) is 0 Å². The lowest BCUT2D eigenvalue weighted by Crippen LogP contribution is -2.11. The average Bonchev–Trinajstić information content (AvgIpc) is 2.96. The Kier molecular flexibility index (Phi) is 2.01. The lowest BCUT2D eigenvalue weighted by Gasteiger charge is -2.20. The van der Waals surface area contributed by atoms with Crippen molar-refractivity contribution in [3.63, 3.8) is 0 Å². The first-order valence-corrected chi connectivity index (χ1v) is 6.70. The van der Waals surface area contributed by atoms with Crippen LogP contribution in [0.15, 0.2) is 52.2 Å². The van der Waals surface area contributed by atoms with Crippen LogP contribution in [0.1, 0.15) is 31.2 Å². The third-order valence-corrected chi connectivity index (χ3v) is 4.24. The van der Waals surface area contributed by atoms with Gasteiger partial charge in [-0.1, -0.05) is 25.1 Å². The van der Waals surface area contributed by atoms with Gasteiger partial charge in [-0.15, -0.1) is 0 Å². The fourth-order valence-corrected chi connectivity index (χ4v) is 3.34. The summed E-state index contributed by atoms with van der Waals surface area (Å²) in [5.41, 5.74) is 8.35. The van der Waals surface area contributed by atoms with Gasteiger partial charge in [0, 0.05) is 23.0 Å². The normalized spacial score (nSPS) is 23.9. The van der Waals surface area contributed by atoms with E-state index in [4.69, 9.17) is 0 Å². The van der Waals surface area contributed by atoms with Crippen molar-refractivity contribution in [1.82, 2.24) is 0 Å². The van der Waals surface area contributed by atoms with E-state index in [2.05, 4.69) is 47.6 Å². The topological polar surface area (TPSA) is 24.4 Å². The molecule has 1 aromatic rings.